The van der Waals surface area contributed by atoms with Crippen LogP contribution < -0.4 is 15.1 Å². The van der Waals surface area contributed by atoms with E-state index < -0.39 is 0 Å². The number of para-hydroxylation sites is 2. The van der Waals surface area contributed by atoms with Crippen LogP contribution in [0.3, 0.4) is 0 Å². The normalized spacial score (nSPS) is 19.5. The van der Waals surface area contributed by atoms with E-state index >= 15 is 0 Å². The molecule has 7 nitrogen and oxygen atoms in total. The third kappa shape index (κ3) is 5.47. The van der Waals surface area contributed by atoms with Crippen LogP contribution in [0.4, 0.5) is 11.6 Å². The Kier molecular flexibility index (Phi) is 7.21. The van der Waals surface area contributed by atoms with Crippen LogP contribution in [0, 0.1) is 5.92 Å². The van der Waals surface area contributed by atoms with Crippen LogP contribution in [0.15, 0.2) is 48.5 Å². The van der Waals surface area contributed by atoms with Gasteiger partial charge in [0, 0.05) is 56.5 Å². The molecule has 2 aromatic carbocycles. The molecule has 1 unspecified atom stereocenters. The number of carbonyl (C=O) groups excluding carboxylic acids is 1. The molecule has 2 saturated heterocycles. The van der Waals surface area contributed by atoms with E-state index in [1.165, 1.54) is 5.69 Å². The Labute approximate surface area is 206 Å². The predicted octanol–water partition coefficient (Wildman–Crippen LogP) is 3.76. The molecule has 1 amide bonds. The number of rotatable bonds is 7. The molecular weight excluding hydrogens is 448 g/mol. The van der Waals surface area contributed by atoms with Crippen molar-refractivity contribution < 1.29 is 4.79 Å². The first-order valence-electron chi connectivity index (χ1n) is 12.4. The topological polar surface area (TPSA) is 67.5 Å². The minimum Gasteiger partial charge on any atom is -0.369 e. The van der Waals surface area contributed by atoms with E-state index in [4.69, 9.17) is 16.6 Å². The monoisotopic (exact) mass is 480 g/mol. The molecular formula is C26H33ClN6O. The van der Waals surface area contributed by atoms with E-state index in [9.17, 15) is 4.79 Å². The summed E-state index contributed by atoms with van der Waals surface area (Å²) in [5, 5.41) is 3.97. The van der Waals surface area contributed by atoms with Gasteiger partial charge in [0.05, 0.1) is 17.0 Å². The number of aromatic amines is 1. The Bertz CT molecular complexity index is 1080. The van der Waals surface area contributed by atoms with E-state index in [0.717, 1.165) is 93.6 Å². The van der Waals surface area contributed by atoms with Crippen LogP contribution in [-0.4, -0.2) is 73.1 Å². The first-order chi connectivity index (χ1) is 16.7. The van der Waals surface area contributed by atoms with Gasteiger partial charge in [-0.05, 0) is 56.1 Å². The Balaban J connectivity index is 1.03. The first kappa shape index (κ1) is 23.0. The molecule has 3 heterocycles. The van der Waals surface area contributed by atoms with E-state index in [0.29, 0.717) is 0 Å². The summed E-state index contributed by atoms with van der Waals surface area (Å²) in [6.45, 7) is 7.49. The maximum Gasteiger partial charge on any atom is 0.224 e. The largest absolute Gasteiger partial charge is 0.369 e. The number of imidazole rings is 1. The average molecular weight is 481 g/mol. The molecule has 5 rings (SSSR count). The van der Waals surface area contributed by atoms with Crippen LogP contribution in [0.2, 0.25) is 5.02 Å². The van der Waals surface area contributed by atoms with Crippen molar-refractivity contribution in [1.29, 1.82) is 0 Å². The number of amides is 1. The Morgan fingerprint density at radius 1 is 1.06 bits per heavy atom. The summed E-state index contributed by atoms with van der Waals surface area (Å²) in [7, 11) is 0. The Hall–Kier alpha value is -2.77. The predicted molar refractivity (Wildman–Crippen MR) is 139 cm³/mol. The van der Waals surface area contributed by atoms with Crippen LogP contribution in [0.25, 0.3) is 11.0 Å². The SMILES string of the molecule is O=C(NCCCN1CCN(c2cccc(Cl)c2)CC1)C1CCCN(c2nc3ccccc3[nH]2)C1. The summed E-state index contributed by atoms with van der Waals surface area (Å²) in [6, 6.07) is 16.1. The van der Waals surface area contributed by atoms with Crippen molar-refractivity contribution in [3.8, 4) is 0 Å². The van der Waals surface area contributed by atoms with Crippen molar-refractivity contribution in [2.45, 2.75) is 19.3 Å². The Morgan fingerprint density at radius 3 is 2.74 bits per heavy atom. The second-order valence-corrected chi connectivity index (χ2v) is 9.75. The van der Waals surface area contributed by atoms with Gasteiger partial charge in [-0.1, -0.05) is 29.8 Å². The van der Waals surface area contributed by atoms with Crippen molar-refractivity contribution in [3.05, 3.63) is 53.6 Å². The highest BCUT2D eigenvalue weighted by Gasteiger charge is 2.27. The third-order valence-corrected chi connectivity index (χ3v) is 7.20. The molecule has 0 radical (unpaired) electrons. The zero-order valence-electron chi connectivity index (χ0n) is 19.5. The smallest absolute Gasteiger partial charge is 0.224 e. The molecule has 2 aliphatic heterocycles. The highest BCUT2D eigenvalue weighted by Crippen LogP contribution is 2.24. The van der Waals surface area contributed by atoms with E-state index in [-0.39, 0.29) is 11.8 Å². The van der Waals surface area contributed by atoms with Gasteiger partial charge in [-0.2, -0.15) is 0 Å². The van der Waals surface area contributed by atoms with Crippen molar-refractivity contribution in [1.82, 2.24) is 20.2 Å². The summed E-state index contributed by atoms with van der Waals surface area (Å²) in [6.07, 6.45) is 2.92. The van der Waals surface area contributed by atoms with Crippen LogP contribution in [0.1, 0.15) is 19.3 Å². The quantitative estimate of drug-likeness (QED) is 0.504. The third-order valence-electron chi connectivity index (χ3n) is 6.96. The van der Waals surface area contributed by atoms with E-state index in [1.54, 1.807) is 0 Å². The maximum atomic E-state index is 12.8. The molecule has 1 aromatic heterocycles. The average Bonchev–Trinajstić information content (AvgIpc) is 3.31. The second-order valence-electron chi connectivity index (χ2n) is 9.32. The summed E-state index contributed by atoms with van der Waals surface area (Å²) < 4.78 is 0. The number of piperazine rings is 1. The van der Waals surface area contributed by atoms with Gasteiger partial charge in [0.25, 0.3) is 0 Å². The van der Waals surface area contributed by atoms with Gasteiger partial charge in [0.2, 0.25) is 11.9 Å². The Morgan fingerprint density at radius 2 is 1.91 bits per heavy atom. The van der Waals surface area contributed by atoms with Gasteiger partial charge < -0.3 is 20.1 Å². The molecule has 180 valence electrons. The minimum absolute atomic E-state index is 0.0169. The van der Waals surface area contributed by atoms with Gasteiger partial charge >= 0.3 is 0 Å². The molecule has 0 spiro atoms. The van der Waals surface area contributed by atoms with Gasteiger partial charge in [-0.25, -0.2) is 4.98 Å². The number of benzene rings is 2. The number of H-pyrrole nitrogens is 1. The zero-order chi connectivity index (χ0) is 23.3. The molecule has 0 bridgehead atoms. The molecule has 2 aliphatic rings. The second kappa shape index (κ2) is 10.7. The maximum absolute atomic E-state index is 12.8. The number of hydrogen-bond acceptors (Lipinski definition) is 5. The van der Waals surface area contributed by atoms with Crippen molar-refractivity contribution in [2.75, 3.05) is 62.2 Å². The number of nitrogens with zero attached hydrogens (tertiary/aromatic N) is 4. The lowest BCUT2D eigenvalue weighted by Gasteiger charge is -2.36. The highest BCUT2D eigenvalue weighted by atomic mass is 35.5. The van der Waals surface area contributed by atoms with Crippen LogP contribution >= 0.6 is 11.6 Å². The fraction of sp³-hybridized carbons (Fsp3) is 0.462. The van der Waals surface area contributed by atoms with Crippen molar-refractivity contribution in [3.63, 3.8) is 0 Å². The number of hydrogen-bond donors (Lipinski definition) is 2. The van der Waals surface area contributed by atoms with Crippen molar-refractivity contribution in [2.24, 2.45) is 5.92 Å². The molecule has 0 aliphatic carbocycles. The molecule has 8 heteroatoms. The molecule has 1 atom stereocenters. The number of piperidine rings is 1. The molecule has 2 N–H and O–H groups in total. The summed E-state index contributed by atoms with van der Waals surface area (Å²) in [5.74, 6) is 1.06. The number of carbonyl (C=O) groups is 1. The summed E-state index contributed by atoms with van der Waals surface area (Å²) in [4.78, 5) is 28.0. The zero-order valence-corrected chi connectivity index (χ0v) is 20.3. The van der Waals surface area contributed by atoms with Gasteiger partial charge in [-0.3, -0.25) is 9.69 Å². The molecule has 34 heavy (non-hydrogen) atoms. The number of halogens is 1. The van der Waals surface area contributed by atoms with E-state index in [2.05, 4.69) is 31.1 Å². The molecule has 3 aromatic rings. The lowest BCUT2D eigenvalue weighted by atomic mass is 9.97. The number of aromatic nitrogens is 2. The van der Waals surface area contributed by atoms with Gasteiger partial charge in [-0.15, -0.1) is 0 Å². The summed E-state index contributed by atoms with van der Waals surface area (Å²) >= 11 is 6.14. The van der Waals surface area contributed by atoms with Crippen LogP contribution in [0.5, 0.6) is 0 Å². The fourth-order valence-corrected chi connectivity index (χ4v) is 5.22. The standard InChI is InChI=1S/C26H33ClN6O/c27-21-7-3-8-22(18-21)32-16-14-31(15-17-32)12-5-11-28-25(34)20-6-4-13-33(19-20)26-29-23-9-1-2-10-24(23)30-26/h1-3,7-10,18,20H,4-6,11-17,19H2,(H,28,34)(H,29,30). The molecule has 2 fully saturated rings. The lowest BCUT2D eigenvalue weighted by molar-refractivity contribution is -0.125. The van der Waals surface area contributed by atoms with E-state index in [1.807, 2.05) is 42.5 Å². The van der Waals surface area contributed by atoms with Crippen molar-refractivity contribution >= 4 is 40.2 Å². The number of anilines is 2. The first-order valence-corrected chi connectivity index (χ1v) is 12.7. The fourth-order valence-electron chi connectivity index (χ4n) is 5.03. The lowest BCUT2D eigenvalue weighted by Crippen LogP contribution is -2.47. The highest BCUT2D eigenvalue weighted by molar-refractivity contribution is 6.30. The molecule has 0 saturated carbocycles. The summed E-state index contributed by atoms with van der Waals surface area (Å²) in [5.41, 5.74) is 3.21. The minimum atomic E-state index is 0.0169. The van der Waals surface area contributed by atoms with Gasteiger partial charge in [0.15, 0.2) is 0 Å². The number of fused-ring (bicyclic) bond motifs is 1. The van der Waals surface area contributed by atoms with Gasteiger partial charge in [0.1, 0.15) is 0 Å². The number of nitrogens with one attached hydrogen (secondary N) is 2. The van der Waals surface area contributed by atoms with Crippen LogP contribution in [-0.2, 0) is 4.79 Å².